The summed E-state index contributed by atoms with van der Waals surface area (Å²) in [6, 6.07) is 15.1. The quantitative estimate of drug-likeness (QED) is 0.670. The van der Waals surface area contributed by atoms with Crippen molar-refractivity contribution >= 4 is 11.6 Å². The second-order valence-corrected chi connectivity index (χ2v) is 6.23. The smallest absolute Gasteiger partial charge is 0.203 e. The Morgan fingerprint density at radius 1 is 1.00 bits per heavy atom. The predicted molar refractivity (Wildman–Crippen MR) is 106 cm³/mol. The van der Waals surface area contributed by atoms with Gasteiger partial charge in [-0.25, -0.2) is 9.37 Å². The van der Waals surface area contributed by atoms with Crippen LogP contribution in [0.5, 0.6) is 0 Å². The number of nitrogens with zero attached hydrogens (tertiary/aromatic N) is 3. The fraction of sp³-hybridized carbons (Fsp3) is 0.286. The molecule has 3 aromatic rings. The summed E-state index contributed by atoms with van der Waals surface area (Å²) in [5.41, 5.74) is 4.34. The average molecular weight is 352 g/mol. The van der Waals surface area contributed by atoms with Crippen molar-refractivity contribution in [2.24, 2.45) is 7.05 Å². The molecule has 0 radical (unpaired) electrons. The molecule has 0 saturated heterocycles. The van der Waals surface area contributed by atoms with E-state index in [9.17, 15) is 4.39 Å². The van der Waals surface area contributed by atoms with Crippen LogP contribution in [0.2, 0.25) is 0 Å². The minimum absolute atomic E-state index is 0.234. The molecule has 0 unspecified atom stereocenters. The lowest BCUT2D eigenvalue weighted by atomic mass is 10.2. The second-order valence-electron chi connectivity index (χ2n) is 6.23. The number of imidazole rings is 1. The first kappa shape index (κ1) is 18.0. The summed E-state index contributed by atoms with van der Waals surface area (Å²) in [4.78, 5) is 6.78. The highest BCUT2D eigenvalue weighted by atomic mass is 19.1. The van der Waals surface area contributed by atoms with Crippen LogP contribution < -0.4 is 10.2 Å². The van der Waals surface area contributed by atoms with Gasteiger partial charge in [-0.15, -0.1) is 0 Å². The Balaban J connectivity index is 1.68. The molecule has 0 spiro atoms. The van der Waals surface area contributed by atoms with E-state index >= 15 is 0 Å². The molecule has 1 aromatic heterocycles. The number of hydrogen-bond donors (Lipinski definition) is 1. The van der Waals surface area contributed by atoms with Gasteiger partial charge in [0, 0.05) is 37.9 Å². The molecule has 4 nitrogen and oxygen atoms in total. The highest BCUT2D eigenvalue weighted by molar-refractivity contribution is 5.61. The third-order valence-electron chi connectivity index (χ3n) is 4.64. The first-order valence-electron chi connectivity index (χ1n) is 8.97. The van der Waals surface area contributed by atoms with Crippen LogP contribution in [0.15, 0.2) is 54.7 Å². The topological polar surface area (TPSA) is 33.1 Å². The fourth-order valence-electron chi connectivity index (χ4n) is 3.06. The molecular weight excluding hydrogens is 327 g/mol. The van der Waals surface area contributed by atoms with E-state index in [1.165, 1.54) is 23.4 Å². The van der Waals surface area contributed by atoms with Crippen molar-refractivity contribution in [2.45, 2.75) is 20.4 Å². The van der Waals surface area contributed by atoms with Crippen LogP contribution >= 0.6 is 0 Å². The Hall–Kier alpha value is -2.82. The van der Waals surface area contributed by atoms with Crippen LogP contribution in [0.4, 0.5) is 16.0 Å². The Morgan fingerprint density at radius 3 is 2.27 bits per heavy atom. The number of anilines is 2. The van der Waals surface area contributed by atoms with E-state index in [-0.39, 0.29) is 5.82 Å². The molecule has 0 aliphatic carbocycles. The van der Waals surface area contributed by atoms with Crippen LogP contribution in [0.1, 0.15) is 19.4 Å². The van der Waals surface area contributed by atoms with Gasteiger partial charge in [0.05, 0.1) is 11.9 Å². The summed E-state index contributed by atoms with van der Waals surface area (Å²) in [5, 5.41) is 3.37. The molecule has 2 aromatic carbocycles. The van der Waals surface area contributed by atoms with Crippen molar-refractivity contribution in [3.05, 3.63) is 66.1 Å². The van der Waals surface area contributed by atoms with E-state index in [1.807, 2.05) is 11.6 Å². The van der Waals surface area contributed by atoms with Crippen molar-refractivity contribution in [2.75, 3.05) is 23.3 Å². The van der Waals surface area contributed by atoms with Crippen molar-refractivity contribution in [3.63, 3.8) is 0 Å². The van der Waals surface area contributed by atoms with Crippen LogP contribution in [0, 0.1) is 5.82 Å². The molecule has 0 atom stereocenters. The molecule has 0 aliphatic rings. The monoisotopic (exact) mass is 352 g/mol. The first-order valence-corrected chi connectivity index (χ1v) is 8.97. The molecule has 0 amide bonds. The molecule has 1 heterocycles. The lowest BCUT2D eigenvalue weighted by Gasteiger charge is -2.21. The maximum absolute atomic E-state index is 13.1. The summed E-state index contributed by atoms with van der Waals surface area (Å²) in [7, 11) is 1.96. The summed E-state index contributed by atoms with van der Waals surface area (Å²) >= 11 is 0. The van der Waals surface area contributed by atoms with Gasteiger partial charge in [-0.2, -0.15) is 0 Å². The van der Waals surface area contributed by atoms with Gasteiger partial charge in [0.2, 0.25) is 5.95 Å². The lowest BCUT2D eigenvalue weighted by Crippen LogP contribution is -2.21. The van der Waals surface area contributed by atoms with E-state index in [2.05, 4.69) is 53.3 Å². The maximum Gasteiger partial charge on any atom is 0.203 e. The Labute approximate surface area is 154 Å². The van der Waals surface area contributed by atoms with Crippen LogP contribution in [-0.4, -0.2) is 22.6 Å². The van der Waals surface area contributed by atoms with E-state index in [0.717, 1.165) is 30.3 Å². The largest absolute Gasteiger partial charge is 0.372 e. The number of benzene rings is 2. The zero-order chi connectivity index (χ0) is 18.5. The van der Waals surface area contributed by atoms with Gasteiger partial charge < -0.3 is 14.8 Å². The maximum atomic E-state index is 13.1. The average Bonchev–Trinajstić information content (AvgIpc) is 3.03. The Kier molecular flexibility index (Phi) is 5.56. The standard InChI is InChI=1S/C21H25FN4/c1-4-26(5-2)19-12-6-16(7-13-19)14-23-21-24-15-20(25(21)3)17-8-10-18(22)11-9-17/h6-13,15H,4-5,14H2,1-3H3,(H,23,24). The minimum atomic E-state index is -0.234. The highest BCUT2D eigenvalue weighted by Crippen LogP contribution is 2.22. The molecule has 0 aliphatic heterocycles. The number of nitrogens with one attached hydrogen (secondary N) is 1. The van der Waals surface area contributed by atoms with E-state index in [1.54, 1.807) is 18.3 Å². The normalized spacial score (nSPS) is 10.8. The predicted octanol–water partition coefficient (Wildman–Crippen LogP) is 4.68. The molecule has 136 valence electrons. The van der Waals surface area contributed by atoms with Gasteiger partial charge in [-0.3, -0.25) is 0 Å². The second kappa shape index (κ2) is 8.04. The van der Waals surface area contributed by atoms with Crippen molar-refractivity contribution in [1.29, 1.82) is 0 Å². The molecule has 0 saturated carbocycles. The van der Waals surface area contributed by atoms with Gasteiger partial charge in [0.25, 0.3) is 0 Å². The van der Waals surface area contributed by atoms with Crippen molar-refractivity contribution in [3.8, 4) is 11.3 Å². The SMILES string of the molecule is CCN(CC)c1ccc(CNc2ncc(-c3ccc(F)cc3)n2C)cc1. The summed E-state index contributed by atoms with van der Waals surface area (Å²) < 4.78 is 15.1. The van der Waals surface area contributed by atoms with E-state index < -0.39 is 0 Å². The third kappa shape index (κ3) is 3.87. The Bertz CT molecular complexity index is 833. The minimum Gasteiger partial charge on any atom is -0.372 e. The third-order valence-corrected chi connectivity index (χ3v) is 4.64. The molecule has 26 heavy (non-hydrogen) atoms. The number of halogens is 1. The summed E-state index contributed by atoms with van der Waals surface area (Å²) in [6.07, 6.45) is 1.80. The summed E-state index contributed by atoms with van der Waals surface area (Å²) in [5.74, 6) is 0.555. The number of rotatable bonds is 7. The van der Waals surface area contributed by atoms with E-state index in [4.69, 9.17) is 0 Å². The number of hydrogen-bond acceptors (Lipinski definition) is 3. The van der Waals surface area contributed by atoms with Gasteiger partial charge in [0.15, 0.2) is 0 Å². The lowest BCUT2D eigenvalue weighted by molar-refractivity contribution is 0.628. The summed E-state index contributed by atoms with van der Waals surface area (Å²) in [6.45, 7) is 7.05. The van der Waals surface area contributed by atoms with Gasteiger partial charge >= 0.3 is 0 Å². The van der Waals surface area contributed by atoms with Crippen LogP contribution in [0.25, 0.3) is 11.3 Å². The highest BCUT2D eigenvalue weighted by Gasteiger charge is 2.09. The Morgan fingerprint density at radius 2 is 1.65 bits per heavy atom. The van der Waals surface area contributed by atoms with Gasteiger partial charge in [-0.05, 0) is 55.8 Å². The molecule has 3 rings (SSSR count). The molecule has 0 fully saturated rings. The number of aromatic nitrogens is 2. The van der Waals surface area contributed by atoms with Gasteiger partial charge in [-0.1, -0.05) is 12.1 Å². The van der Waals surface area contributed by atoms with Crippen LogP contribution in [0.3, 0.4) is 0 Å². The molecule has 1 N–H and O–H groups in total. The zero-order valence-electron chi connectivity index (χ0n) is 15.5. The van der Waals surface area contributed by atoms with Crippen molar-refractivity contribution in [1.82, 2.24) is 9.55 Å². The molecular formula is C21H25FN4. The fourth-order valence-corrected chi connectivity index (χ4v) is 3.06. The van der Waals surface area contributed by atoms with Crippen LogP contribution in [-0.2, 0) is 13.6 Å². The molecule has 0 bridgehead atoms. The zero-order valence-corrected chi connectivity index (χ0v) is 15.5. The van der Waals surface area contributed by atoms with E-state index in [0.29, 0.717) is 6.54 Å². The molecule has 5 heteroatoms. The van der Waals surface area contributed by atoms with Crippen molar-refractivity contribution < 1.29 is 4.39 Å². The first-order chi connectivity index (χ1) is 12.6. The van der Waals surface area contributed by atoms with Gasteiger partial charge in [0.1, 0.15) is 5.82 Å².